The second-order valence-corrected chi connectivity index (χ2v) is 7.01. The van der Waals surface area contributed by atoms with Crippen molar-refractivity contribution in [2.45, 2.75) is 0 Å². The summed E-state index contributed by atoms with van der Waals surface area (Å²) >= 11 is 7.75. The van der Waals surface area contributed by atoms with Crippen LogP contribution < -0.4 is 10.2 Å². The van der Waals surface area contributed by atoms with E-state index in [2.05, 4.69) is 22.3 Å². The van der Waals surface area contributed by atoms with Crippen molar-refractivity contribution in [2.75, 3.05) is 36.5 Å². The third kappa shape index (κ3) is 2.87. The molecule has 3 heterocycles. The Hall–Kier alpha value is -1.82. The standard InChI is InChI=1S/C17H15ClN2O2S/c18-11-1-3-15-13(9-11)14(17(21)19-15)10-12-2-4-16(23-12)20-5-7-22-8-6-20/h1-4,9-10H,5-8H2,(H,19,21)/b14-10+. The van der Waals surface area contributed by atoms with Crippen molar-refractivity contribution in [1.82, 2.24) is 0 Å². The molecular formula is C17H15ClN2O2S. The molecule has 6 heteroatoms. The summed E-state index contributed by atoms with van der Waals surface area (Å²) in [4.78, 5) is 15.6. The predicted molar refractivity (Wildman–Crippen MR) is 95.3 cm³/mol. The fraction of sp³-hybridized carbons (Fsp3) is 0.235. The number of nitrogens with zero attached hydrogens (tertiary/aromatic N) is 1. The van der Waals surface area contributed by atoms with Gasteiger partial charge in [-0.1, -0.05) is 11.6 Å². The van der Waals surface area contributed by atoms with E-state index in [0.29, 0.717) is 10.6 Å². The van der Waals surface area contributed by atoms with Gasteiger partial charge in [-0.15, -0.1) is 11.3 Å². The van der Waals surface area contributed by atoms with Crippen LogP contribution in [0.5, 0.6) is 0 Å². The lowest BCUT2D eigenvalue weighted by Gasteiger charge is -2.27. The molecule has 0 spiro atoms. The van der Waals surface area contributed by atoms with Crippen molar-refractivity contribution in [2.24, 2.45) is 0 Å². The van der Waals surface area contributed by atoms with Gasteiger partial charge < -0.3 is 15.0 Å². The molecular weight excluding hydrogens is 332 g/mol. The Labute approximate surface area is 143 Å². The molecule has 1 N–H and O–H groups in total. The molecule has 1 aromatic heterocycles. The maximum atomic E-state index is 12.2. The highest BCUT2D eigenvalue weighted by Gasteiger charge is 2.24. The van der Waals surface area contributed by atoms with Crippen molar-refractivity contribution in [3.05, 3.63) is 45.8 Å². The fourth-order valence-electron chi connectivity index (χ4n) is 2.82. The van der Waals surface area contributed by atoms with Crippen LogP contribution in [0.15, 0.2) is 30.3 Å². The zero-order chi connectivity index (χ0) is 15.8. The third-order valence-corrected chi connectivity index (χ3v) is 5.31. The number of halogens is 1. The number of hydrogen-bond donors (Lipinski definition) is 1. The van der Waals surface area contributed by atoms with E-state index in [0.717, 1.165) is 42.4 Å². The van der Waals surface area contributed by atoms with Gasteiger partial charge in [0.15, 0.2) is 0 Å². The molecule has 4 nitrogen and oxygen atoms in total. The number of hydrogen-bond acceptors (Lipinski definition) is 4. The van der Waals surface area contributed by atoms with E-state index in [-0.39, 0.29) is 5.91 Å². The number of thiophene rings is 1. The average molecular weight is 347 g/mol. The monoisotopic (exact) mass is 346 g/mol. The summed E-state index contributed by atoms with van der Waals surface area (Å²) in [5.74, 6) is -0.0800. The van der Waals surface area contributed by atoms with Crippen LogP contribution in [-0.4, -0.2) is 32.2 Å². The van der Waals surface area contributed by atoms with Crippen LogP contribution in [0.3, 0.4) is 0 Å². The van der Waals surface area contributed by atoms with Crippen LogP contribution in [0.4, 0.5) is 10.7 Å². The Kier molecular flexibility index (Phi) is 3.85. The molecule has 118 valence electrons. The zero-order valence-corrected chi connectivity index (χ0v) is 13.9. The van der Waals surface area contributed by atoms with Gasteiger partial charge in [-0.2, -0.15) is 0 Å². The van der Waals surface area contributed by atoms with Crippen LogP contribution in [0.2, 0.25) is 5.02 Å². The van der Waals surface area contributed by atoms with Gasteiger partial charge in [0.2, 0.25) is 0 Å². The van der Waals surface area contributed by atoms with E-state index >= 15 is 0 Å². The van der Waals surface area contributed by atoms with Crippen molar-refractivity contribution in [3.8, 4) is 0 Å². The summed E-state index contributed by atoms with van der Waals surface area (Å²) in [6.07, 6.45) is 1.94. The number of fused-ring (bicyclic) bond motifs is 1. The van der Waals surface area contributed by atoms with Crippen molar-refractivity contribution in [1.29, 1.82) is 0 Å². The maximum absolute atomic E-state index is 12.2. The molecule has 0 bridgehead atoms. The summed E-state index contributed by atoms with van der Waals surface area (Å²) in [5, 5.41) is 4.72. The van der Waals surface area contributed by atoms with E-state index in [1.54, 1.807) is 17.4 Å². The van der Waals surface area contributed by atoms with Gasteiger partial charge in [-0.3, -0.25) is 4.79 Å². The van der Waals surface area contributed by atoms with Crippen LogP contribution in [0.25, 0.3) is 11.6 Å². The first kappa shape index (κ1) is 14.8. The van der Waals surface area contributed by atoms with E-state index in [4.69, 9.17) is 16.3 Å². The van der Waals surface area contributed by atoms with Crippen molar-refractivity contribution >= 4 is 51.2 Å². The fourth-order valence-corrected chi connectivity index (χ4v) is 3.99. The highest BCUT2D eigenvalue weighted by Crippen LogP contribution is 2.36. The van der Waals surface area contributed by atoms with E-state index in [1.807, 2.05) is 18.2 Å². The Morgan fingerprint density at radius 1 is 1.22 bits per heavy atom. The molecule has 4 rings (SSSR count). The Morgan fingerprint density at radius 2 is 2.04 bits per heavy atom. The highest BCUT2D eigenvalue weighted by atomic mass is 35.5. The number of rotatable bonds is 2. The molecule has 0 atom stereocenters. The number of amides is 1. The zero-order valence-electron chi connectivity index (χ0n) is 12.3. The van der Waals surface area contributed by atoms with Crippen molar-refractivity contribution in [3.63, 3.8) is 0 Å². The summed E-state index contributed by atoms with van der Waals surface area (Å²) in [7, 11) is 0. The van der Waals surface area contributed by atoms with Gasteiger partial charge in [-0.25, -0.2) is 0 Å². The summed E-state index contributed by atoms with van der Waals surface area (Å²) in [6, 6.07) is 9.61. The first-order valence-corrected chi connectivity index (χ1v) is 8.66. The molecule has 2 aromatic rings. The smallest absolute Gasteiger partial charge is 0.256 e. The summed E-state index contributed by atoms with van der Waals surface area (Å²) in [5.41, 5.74) is 2.34. The van der Waals surface area contributed by atoms with Crippen molar-refractivity contribution < 1.29 is 9.53 Å². The molecule has 0 saturated carbocycles. The lowest BCUT2D eigenvalue weighted by atomic mass is 10.1. The predicted octanol–water partition coefficient (Wildman–Crippen LogP) is 3.73. The number of carbonyl (C=O) groups is 1. The average Bonchev–Trinajstić information content (AvgIpc) is 3.15. The quantitative estimate of drug-likeness (QED) is 0.842. The lowest BCUT2D eigenvalue weighted by Crippen LogP contribution is -2.35. The second-order valence-electron chi connectivity index (χ2n) is 5.48. The Bertz CT molecular complexity index is 794. The second kappa shape index (κ2) is 6.00. The molecule has 1 aromatic carbocycles. The van der Waals surface area contributed by atoms with Gasteiger partial charge >= 0.3 is 0 Å². The minimum Gasteiger partial charge on any atom is -0.378 e. The van der Waals surface area contributed by atoms with E-state index in [9.17, 15) is 4.79 Å². The molecule has 0 unspecified atom stereocenters. The molecule has 2 aliphatic rings. The molecule has 0 radical (unpaired) electrons. The number of nitrogens with one attached hydrogen (secondary N) is 1. The molecule has 23 heavy (non-hydrogen) atoms. The molecule has 2 aliphatic heterocycles. The minimum absolute atomic E-state index is 0.0800. The molecule has 1 amide bonds. The van der Waals surface area contributed by atoms with Gasteiger partial charge in [-0.05, 0) is 36.4 Å². The van der Waals surface area contributed by atoms with Gasteiger partial charge in [0, 0.05) is 34.2 Å². The number of benzene rings is 1. The molecule has 1 saturated heterocycles. The molecule has 0 aliphatic carbocycles. The maximum Gasteiger partial charge on any atom is 0.256 e. The third-order valence-electron chi connectivity index (χ3n) is 3.99. The van der Waals surface area contributed by atoms with E-state index in [1.165, 1.54) is 5.00 Å². The topological polar surface area (TPSA) is 41.6 Å². The lowest BCUT2D eigenvalue weighted by molar-refractivity contribution is -0.110. The highest BCUT2D eigenvalue weighted by molar-refractivity contribution is 7.17. The van der Waals surface area contributed by atoms with Crippen LogP contribution in [0, 0.1) is 0 Å². The number of ether oxygens (including phenoxy) is 1. The Morgan fingerprint density at radius 3 is 2.87 bits per heavy atom. The first-order chi connectivity index (χ1) is 11.2. The summed E-state index contributed by atoms with van der Waals surface area (Å²) < 4.78 is 5.39. The first-order valence-electron chi connectivity index (χ1n) is 7.46. The normalized spacial score (nSPS) is 19.1. The minimum atomic E-state index is -0.0800. The molecule has 1 fully saturated rings. The van der Waals surface area contributed by atoms with Gasteiger partial charge in [0.05, 0.1) is 23.8 Å². The SMILES string of the molecule is O=C1Nc2ccc(Cl)cc2/C1=C\c1ccc(N2CCOCC2)s1. The number of morpholine rings is 1. The van der Waals surface area contributed by atoms with Crippen LogP contribution in [0.1, 0.15) is 10.4 Å². The van der Waals surface area contributed by atoms with Gasteiger partial charge in [0.1, 0.15) is 0 Å². The van der Waals surface area contributed by atoms with E-state index < -0.39 is 0 Å². The van der Waals surface area contributed by atoms with Crippen LogP contribution >= 0.6 is 22.9 Å². The van der Waals surface area contributed by atoms with Gasteiger partial charge in [0.25, 0.3) is 5.91 Å². The summed E-state index contributed by atoms with van der Waals surface area (Å²) in [6.45, 7) is 3.36. The number of carbonyl (C=O) groups excluding carboxylic acids is 1. The largest absolute Gasteiger partial charge is 0.378 e. The Balaban J connectivity index is 1.65. The number of anilines is 2. The van der Waals surface area contributed by atoms with Crippen LogP contribution in [-0.2, 0) is 9.53 Å².